The molecule has 1 aromatic rings. The van der Waals surface area contributed by atoms with Crippen molar-refractivity contribution < 1.29 is 0 Å². The number of guanidine groups is 1. The van der Waals surface area contributed by atoms with Gasteiger partial charge in [0.1, 0.15) is 12.4 Å². The molecule has 0 fully saturated rings. The fraction of sp³-hybridized carbons (Fsp3) is 0.706. The largest absolute Gasteiger partial charge is 0.357 e. The molecule has 0 saturated heterocycles. The first-order chi connectivity index (χ1) is 11.3. The van der Waals surface area contributed by atoms with Crippen molar-refractivity contribution in [3.05, 3.63) is 24.3 Å². The first-order valence-electron chi connectivity index (χ1n) is 8.77. The number of hydrogen-bond donors (Lipinski definition) is 1. The van der Waals surface area contributed by atoms with Crippen LogP contribution in [-0.2, 0) is 19.5 Å². The quantitative estimate of drug-likeness (QED) is 0.329. The number of aromatic nitrogens is 3. The molecule has 6 nitrogen and oxygen atoms in total. The summed E-state index contributed by atoms with van der Waals surface area (Å²) in [6.45, 7) is 9.38. The summed E-state index contributed by atoms with van der Waals surface area (Å²) in [4.78, 5) is 6.95. The lowest BCUT2D eigenvalue weighted by atomic mass is 10.2. The molecule has 0 unspecified atom stereocenters. The molecule has 1 aliphatic rings. The van der Waals surface area contributed by atoms with Crippen molar-refractivity contribution in [2.75, 3.05) is 20.1 Å². The summed E-state index contributed by atoms with van der Waals surface area (Å²) in [6.07, 6.45) is 8.94. The molecule has 2 heterocycles. The zero-order chi connectivity index (χ0) is 16.5. The minimum atomic E-state index is 0.593. The Kier molecular flexibility index (Phi) is 7.10. The van der Waals surface area contributed by atoms with E-state index in [0.29, 0.717) is 6.54 Å². The third-order valence-corrected chi connectivity index (χ3v) is 4.15. The number of unbranched alkanes of at least 4 members (excludes halogenated alkanes) is 3. The Morgan fingerprint density at radius 2 is 2.26 bits per heavy atom. The van der Waals surface area contributed by atoms with Crippen molar-refractivity contribution in [1.82, 2.24) is 25.0 Å². The fourth-order valence-corrected chi connectivity index (χ4v) is 2.86. The van der Waals surface area contributed by atoms with Crippen LogP contribution in [0.5, 0.6) is 0 Å². The molecule has 6 heteroatoms. The van der Waals surface area contributed by atoms with Gasteiger partial charge in [-0.25, -0.2) is 4.99 Å². The van der Waals surface area contributed by atoms with Crippen LogP contribution in [0.4, 0.5) is 0 Å². The maximum Gasteiger partial charge on any atom is 0.194 e. The van der Waals surface area contributed by atoms with E-state index in [0.717, 1.165) is 50.1 Å². The molecule has 0 amide bonds. The Hall–Kier alpha value is -1.85. The normalized spacial score (nSPS) is 13.9. The number of nitrogens with one attached hydrogen (secondary N) is 1. The van der Waals surface area contributed by atoms with Gasteiger partial charge in [-0.2, -0.15) is 0 Å². The van der Waals surface area contributed by atoms with Gasteiger partial charge in [0.25, 0.3) is 0 Å². The van der Waals surface area contributed by atoms with Crippen molar-refractivity contribution in [3.8, 4) is 0 Å². The van der Waals surface area contributed by atoms with Gasteiger partial charge in [0, 0.05) is 33.1 Å². The van der Waals surface area contributed by atoms with Crippen LogP contribution in [0, 0.1) is 0 Å². The first kappa shape index (κ1) is 17.5. The second kappa shape index (κ2) is 9.33. The second-order valence-corrected chi connectivity index (χ2v) is 6.02. The first-order valence-corrected chi connectivity index (χ1v) is 8.77. The highest BCUT2D eigenvalue weighted by atomic mass is 15.3. The Bertz CT molecular complexity index is 519. The van der Waals surface area contributed by atoms with Crippen LogP contribution in [0.1, 0.15) is 50.7 Å². The molecule has 0 spiro atoms. The highest BCUT2D eigenvalue weighted by Crippen LogP contribution is 2.14. The molecular formula is C17H30N6. The van der Waals surface area contributed by atoms with E-state index in [1.54, 1.807) is 0 Å². The number of fused-ring (bicyclic) bond motifs is 1. The number of nitrogens with zero attached hydrogens (tertiary/aromatic N) is 5. The van der Waals surface area contributed by atoms with Gasteiger partial charge in [0.05, 0.1) is 0 Å². The summed E-state index contributed by atoms with van der Waals surface area (Å²) in [5, 5.41) is 11.9. The highest BCUT2D eigenvalue weighted by Gasteiger charge is 2.17. The van der Waals surface area contributed by atoms with E-state index in [1.165, 1.54) is 25.7 Å². The van der Waals surface area contributed by atoms with Gasteiger partial charge >= 0.3 is 0 Å². The van der Waals surface area contributed by atoms with Crippen LogP contribution in [0.2, 0.25) is 0 Å². The van der Waals surface area contributed by atoms with Crippen molar-refractivity contribution in [2.45, 2.75) is 58.5 Å². The van der Waals surface area contributed by atoms with Gasteiger partial charge in [0.15, 0.2) is 11.8 Å². The van der Waals surface area contributed by atoms with Crippen molar-refractivity contribution in [2.24, 2.45) is 4.99 Å². The SMILES string of the molecule is C=CCCCCCN(C)C(=NCc1nnc2n1CCC2)NCC. The summed E-state index contributed by atoms with van der Waals surface area (Å²) in [7, 11) is 2.10. The third kappa shape index (κ3) is 5.08. The number of aryl methyl sites for hydroxylation is 1. The van der Waals surface area contributed by atoms with Gasteiger partial charge in [0.2, 0.25) is 0 Å². The Labute approximate surface area is 139 Å². The predicted octanol–water partition coefficient (Wildman–Crippen LogP) is 2.37. The van der Waals surface area contributed by atoms with Crippen molar-refractivity contribution in [3.63, 3.8) is 0 Å². The van der Waals surface area contributed by atoms with E-state index in [2.05, 4.69) is 45.5 Å². The van der Waals surface area contributed by atoms with E-state index in [-0.39, 0.29) is 0 Å². The molecule has 1 aromatic heterocycles. The molecular weight excluding hydrogens is 288 g/mol. The van der Waals surface area contributed by atoms with E-state index >= 15 is 0 Å². The van der Waals surface area contributed by atoms with E-state index < -0.39 is 0 Å². The maximum atomic E-state index is 4.74. The van der Waals surface area contributed by atoms with Crippen molar-refractivity contribution in [1.29, 1.82) is 0 Å². The zero-order valence-corrected chi connectivity index (χ0v) is 14.6. The van der Waals surface area contributed by atoms with Crippen LogP contribution in [-0.4, -0.2) is 45.8 Å². The molecule has 1 aliphatic heterocycles. The van der Waals surface area contributed by atoms with Crippen LogP contribution in [0.15, 0.2) is 17.6 Å². The predicted molar refractivity (Wildman–Crippen MR) is 94.5 cm³/mol. The lowest BCUT2D eigenvalue weighted by molar-refractivity contribution is 0.454. The Balaban J connectivity index is 1.87. The average molecular weight is 318 g/mol. The summed E-state index contributed by atoms with van der Waals surface area (Å²) in [5.41, 5.74) is 0. The molecule has 23 heavy (non-hydrogen) atoms. The molecule has 0 aliphatic carbocycles. The second-order valence-electron chi connectivity index (χ2n) is 6.02. The van der Waals surface area contributed by atoms with Crippen LogP contribution < -0.4 is 5.32 Å². The average Bonchev–Trinajstić information content (AvgIpc) is 3.15. The highest BCUT2D eigenvalue weighted by molar-refractivity contribution is 5.79. The van der Waals surface area contributed by atoms with E-state index in [9.17, 15) is 0 Å². The molecule has 0 saturated carbocycles. The molecule has 0 aromatic carbocycles. The van der Waals surface area contributed by atoms with Gasteiger partial charge in [-0.1, -0.05) is 12.5 Å². The molecule has 128 valence electrons. The molecule has 0 atom stereocenters. The topological polar surface area (TPSA) is 58.3 Å². The monoisotopic (exact) mass is 318 g/mol. The Morgan fingerprint density at radius 1 is 1.39 bits per heavy atom. The van der Waals surface area contributed by atoms with Gasteiger partial charge in [-0.3, -0.25) is 0 Å². The zero-order valence-electron chi connectivity index (χ0n) is 14.6. The molecule has 0 bridgehead atoms. The van der Waals surface area contributed by atoms with E-state index in [4.69, 9.17) is 4.99 Å². The summed E-state index contributed by atoms with van der Waals surface area (Å²) in [6, 6.07) is 0. The third-order valence-electron chi connectivity index (χ3n) is 4.15. The Morgan fingerprint density at radius 3 is 3.04 bits per heavy atom. The lowest BCUT2D eigenvalue weighted by Gasteiger charge is -2.22. The van der Waals surface area contributed by atoms with Gasteiger partial charge in [-0.05, 0) is 32.6 Å². The lowest BCUT2D eigenvalue weighted by Crippen LogP contribution is -2.39. The van der Waals surface area contributed by atoms with Crippen LogP contribution in [0.25, 0.3) is 0 Å². The smallest absolute Gasteiger partial charge is 0.194 e. The van der Waals surface area contributed by atoms with E-state index in [1.807, 2.05) is 6.08 Å². The number of hydrogen-bond acceptors (Lipinski definition) is 3. The fourth-order valence-electron chi connectivity index (χ4n) is 2.86. The summed E-state index contributed by atoms with van der Waals surface area (Å²) in [5.74, 6) is 3.04. The maximum absolute atomic E-state index is 4.74. The van der Waals surface area contributed by atoms with Crippen molar-refractivity contribution >= 4 is 5.96 Å². The van der Waals surface area contributed by atoms with Gasteiger partial charge in [-0.15, -0.1) is 16.8 Å². The van der Waals surface area contributed by atoms with Crippen LogP contribution in [0.3, 0.4) is 0 Å². The van der Waals surface area contributed by atoms with Crippen LogP contribution >= 0.6 is 0 Å². The van der Waals surface area contributed by atoms with Gasteiger partial charge < -0.3 is 14.8 Å². The molecule has 1 N–H and O–H groups in total. The molecule has 0 radical (unpaired) electrons. The minimum Gasteiger partial charge on any atom is -0.357 e. The summed E-state index contributed by atoms with van der Waals surface area (Å²) < 4.78 is 2.21. The molecule has 2 rings (SSSR count). The standard InChI is InChI=1S/C17H30N6/c1-4-6-7-8-9-12-22(3)17(18-5-2)19-14-16-21-20-15-11-10-13-23(15)16/h4H,1,5-14H2,2-3H3,(H,18,19). The minimum absolute atomic E-state index is 0.593. The number of allylic oxidation sites excluding steroid dienone is 1. The number of aliphatic imine (C=N–C) groups is 1. The summed E-state index contributed by atoms with van der Waals surface area (Å²) >= 11 is 0. The number of rotatable bonds is 9.